The van der Waals surface area contributed by atoms with Crippen LogP contribution in [0.5, 0.6) is 0 Å². The fraction of sp³-hybridized carbons (Fsp3) is 0.724. The third kappa shape index (κ3) is 19.8. The quantitative estimate of drug-likeness (QED) is 0.0276. The molecule has 0 radical (unpaired) electrons. The van der Waals surface area contributed by atoms with Gasteiger partial charge in [0.15, 0.2) is 0 Å². The number of nitrogens with one attached hydrogen (secondary N) is 5. The maximum Gasteiger partial charge on any atom is 0.475 e. The van der Waals surface area contributed by atoms with Gasteiger partial charge in [-0.05, 0) is 26.3 Å². The van der Waals surface area contributed by atoms with Gasteiger partial charge in [0.2, 0.25) is 29.5 Å². The van der Waals surface area contributed by atoms with Gasteiger partial charge in [-0.3, -0.25) is 53.1 Å². The summed E-state index contributed by atoms with van der Waals surface area (Å²) in [6, 6.07) is -0.991. The smallest absolute Gasteiger partial charge is 0.475 e. The Morgan fingerprint density at radius 1 is 0.692 bits per heavy atom. The van der Waals surface area contributed by atoms with E-state index in [1.54, 1.807) is 21.6 Å². The van der Waals surface area contributed by atoms with Crippen molar-refractivity contribution < 1.29 is 63.7 Å². The van der Waals surface area contributed by atoms with Gasteiger partial charge in [0.1, 0.15) is 6.04 Å². The first kappa shape index (κ1) is 45.6. The standard InChI is InChI=1S/C29H52BN9O13/c1-3-36(18-27(46)47)9-10-38(19-28(48)49)12-11-37(8-6-31-16-26(44)45)17-25(43)34-14-23(41)32-13-22(40)33-15-24(42)35-20(2)29(50)39-7-4-5-21(39)30(51)52/h20-21,31,51-52H,3-19H2,1-2H3,(H,32,41)(H,33,40)(H,34,43)(H,35,42)(H,44,45)(H,46,47)(H,48,49)/t20-,21+/m1/s1. The molecule has 0 aromatic heterocycles. The molecular formula is C29H52BN9O13. The van der Waals surface area contributed by atoms with Crippen LogP contribution in [0.15, 0.2) is 0 Å². The van der Waals surface area contributed by atoms with Crippen molar-refractivity contribution in [1.29, 1.82) is 0 Å². The van der Waals surface area contributed by atoms with E-state index in [9.17, 15) is 53.5 Å². The van der Waals surface area contributed by atoms with E-state index in [1.165, 1.54) is 11.8 Å². The van der Waals surface area contributed by atoms with Crippen LogP contribution in [0.25, 0.3) is 0 Å². The Morgan fingerprint density at radius 2 is 1.19 bits per heavy atom. The van der Waals surface area contributed by atoms with Gasteiger partial charge in [-0.15, -0.1) is 0 Å². The second-order valence-electron chi connectivity index (χ2n) is 12.1. The topological polar surface area (TPSA) is 311 Å². The zero-order chi connectivity index (χ0) is 39.2. The molecule has 0 aliphatic carbocycles. The molecule has 1 saturated heterocycles. The molecule has 1 aliphatic rings. The van der Waals surface area contributed by atoms with Crippen molar-refractivity contribution in [2.24, 2.45) is 0 Å². The zero-order valence-corrected chi connectivity index (χ0v) is 29.5. The third-order valence-corrected chi connectivity index (χ3v) is 7.89. The maximum atomic E-state index is 12.7. The van der Waals surface area contributed by atoms with Crippen molar-refractivity contribution >= 4 is 54.6 Å². The number of aliphatic carboxylic acids is 3. The number of nitrogens with zero attached hydrogens (tertiary/aromatic N) is 4. The molecule has 1 fully saturated rings. The minimum absolute atomic E-state index is 0.177. The molecule has 23 heteroatoms. The second-order valence-corrected chi connectivity index (χ2v) is 12.1. The van der Waals surface area contributed by atoms with Crippen molar-refractivity contribution in [3.8, 4) is 0 Å². The Kier molecular flexibility index (Phi) is 21.7. The first-order chi connectivity index (χ1) is 24.5. The first-order valence-corrected chi connectivity index (χ1v) is 16.8. The Hall–Kier alpha value is -4.42. The summed E-state index contributed by atoms with van der Waals surface area (Å²) in [6.45, 7) is 2.56. The van der Waals surface area contributed by atoms with Crippen LogP contribution in [0, 0.1) is 0 Å². The van der Waals surface area contributed by atoms with E-state index in [0.717, 1.165) is 0 Å². The number of hydrogen-bond donors (Lipinski definition) is 10. The lowest BCUT2D eigenvalue weighted by molar-refractivity contribution is -0.140. The number of amides is 5. The lowest BCUT2D eigenvalue weighted by Gasteiger charge is -2.28. The number of likely N-dealkylation sites (tertiary alicyclic amines) is 1. The van der Waals surface area contributed by atoms with Crippen LogP contribution < -0.4 is 26.6 Å². The molecule has 1 heterocycles. The molecule has 22 nitrogen and oxygen atoms in total. The summed E-state index contributed by atoms with van der Waals surface area (Å²) in [5.74, 6) is -7.20. The molecule has 0 unspecified atom stereocenters. The van der Waals surface area contributed by atoms with Crippen molar-refractivity contribution in [3.05, 3.63) is 0 Å². The second kappa shape index (κ2) is 24.7. The summed E-state index contributed by atoms with van der Waals surface area (Å²) in [5.41, 5.74) is 0. The molecule has 0 spiro atoms. The molecule has 2 atom stereocenters. The molecule has 5 amide bonds. The zero-order valence-electron chi connectivity index (χ0n) is 29.5. The molecule has 0 bridgehead atoms. The predicted molar refractivity (Wildman–Crippen MR) is 182 cm³/mol. The van der Waals surface area contributed by atoms with Crippen LogP contribution in [-0.4, -0.2) is 210 Å². The average Bonchev–Trinajstić information content (AvgIpc) is 3.57. The van der Waals surface area contributed by atoms with E-state index >= 15 is 0 Å². The molecule has 294 valence electrons. The number of likely N-dealkylation sites (N-methyl/N-ethyl adjacent to an activating group) is 1. The van der Waals surface area contributed by atoms with Crippen LogP contribution in [0.3, 0.4) is 0 Å². The summed E-state index contributed by atoms with van der Waals surface area (Å²) in [7, 11) is -1.71. The normalized spacial score (nSPS) is 14.6. The van der Waals surface area contributed by atoms with Gasteiger partial charge in [-0.25, -0.2) is 0 Å². The third-order valence-electron chi connectivity index (χ3n) is 7.89. The lowest BCUT2D eigenvalue weighted by Crippen LogP contribution is -2.54. The largest absolute Gasteiger partial charge is 0.480 e. The molecule has 1 aliphatic heterocycles. The Morgan fingerprint density at radius 3 is 1.71 bits per heavy atom. The average molecular weight is 746 g/mol. The maximum absolute atomic E-state index is 12.7. The van der Waals surface area contributed by atoms with Crippen molar-refractivity contribution in [3.63, 3.8) is 0 Å². The molecule has 52 heavy (non-hydrogen) atoms. The SMILES string of the molecule is CCN(CCN(CCN(CCNCC(=O)O)CC(=O)NCC(=O)NCC(=O)NCC(=O)N[C@H](C)C(=O)N1CCC[C@H]1B(O)O)CC(=O)O)CC(=O)O. The van der Waals surface area contributed by atoms with Gasteiger partial charge >= 0.3 is 25.0 Å². The van der Waals surface area contributed by atoms with Gasteiger partial charge < -0.3 is 56.9 Å². The van der Waals surface area contributed by atoms with E-state index in [-0.39, 0.29) is 65.4 Å². The molecule has 1 rings (SSSR count). The van der Waals surface area contributed by atoms with Crippen molar-refractivity contribution in [1.82, 2.24) is 46.2 Å². The lowest BCUT2D eigenvalue weighted by atomic mass is 9.78. The van der Waals surface area contributed by atoms with Gasteiger partial charge in [-0.1, -0.05) is 6.92 Å². The van der Waals surface area contributed by atoms with E-state index in [2.05, 4.69) is 26.6 Å². The Bertz CT molecular complexity index is 1230. The fourth-order valence-electron chi connectivity index (χ4n) is 5.17. The predicted octanol–water partition coefficient (Wildman–Crippen LogP) is -6.39. The summed E-state index contributed by atoms with van der Waals surface area (Å²) >= 11 is 0. The Labute approximate surface area is 301 Å². The van der Waals surface area contributed by atoms with Crippen molar-refractivity contribution in [2.45, 2.75) is 38.7 Å². The molecule has 0 aromatic carbocycles. The number of carbonyl (C=O) groups excluding carboxylic acids is 5. The van der Waals surface area contributed by atoms with Crippen LogP contribution in [0.1, 0.15) is 26.7 Å². The fourth-order valence-corrected chi connectivity index (χ4v) is 5.17. The number of hydrogen-bond acceptors (Lipinski definition) is 14. The number of carbonyl (C=O) groups is 8. The highest BCUT2D eigenvalue weighted by Crippen LogP contribution is 2.19. The molecular weight excluding hydrogens is 693 g/mol. The van der Waals surface area contributed by atoms with Gasteiger partial charge in [0.05, 0.1) is 51.8 Å². The number of carboxylic acid groups (broad SMARTS) is 3. The highest BCUT2D eigenvalue weighted by molar-refractivity contribution is 6.43. The highest BCUT2D eigenvalue weighted by atomic mass is 16.4. The van der Waals surface area contributed by atoms with Crippen LogP contribution in [-0.2, 0) is 38.4 Å². The van der Waals surface area contributed by atoms with E-state index in [1.807, 2.05) is 0 Å². The van der Waals surface area contributed by atoms with Gasteiger partial charge in [-0.2, -0.15) is 0 Å². The first-order valence-electron chi connectivity index (χ1n) is 16.8. The number of carboxylic acids is 3. The van der Waals surface area contributed by atoms with E-state index in [4.69, 9.17) is 10.2 Å². The van der Waals surface area contributed by atoms with Crippen LogP contribution >= 0.6 is 0 Å². The Balaban J connectivity index is 2.55. The van der Waals surface area contributed by atoms with E-state index < -0.39 is 86.2 Å². The summed E-state index contributed by atoms with van der Waals surface area (Å²) in [4.78, 5) is 101. The summed E-state index contributed by atoms with van der Waals surface area (Å²) in [6.07, 6.45) is 0.995. The monoisotopic (exact) mass is 745 g/mol. The molecule has 0 saturated carbocycles. The summed E-state index contributed by atoms with van der Waals surface area (Å²) in [5, 5.41) is 58.3. The van der Waals surface area contributed by atoms with Crippen molar-refractivity contribution in [2.75, 3.05) is 98.2 Å². The van der Waals surface area contributed by atoms with E-state index in [0.29, 0.717) is 25.9 Å². The van der Waals surface area contributed by atoms with Gasteiger partial charge in [0, 0.05) is 45.8 Å². The highest BCUT2D eigenvalue weighted by Gasteiger charge is 2.38. The summed E-state index contributed by atoms with van der Waals surface area (Å²) < 4.78 is 0. The minimum Gasteiger partial charge on any atom is -0.480 e. The number of rotatable bonds is 27. The van der Waals surface area contributed by atoms with Gasteiger partial charge in [0.25, 0.3) is 0 Å². The molecule has 0 aromatic rings. The minimum atomic E-state index is -1.71. The van der Waals surface area contributed by atoms with Crippen LogP contribution in [0.4, 0.5) is 0 Å². The van der Waals surface area contributed by atoms with Crippen LogP contribution in [0.2, 0.25) is 0 Å². The molecule has 10 N–H and O–H groups in total.